The summed E-state index contributed by atoms with van der Waals surface area (Å²) in [5.74, 6) is 6.45. The number of aryl methyl sites for hydroxylation is 1. The second-order valence-corrected chi connectivity index (χ2v) is 5.26. The van der Waals surface area contributed by atoms with Crippen LogP contribution in [0, 0.1) is 18.8 Å². The van der Waals surface area contributed by atoms with Crippen molar-refractivity contribution in [3.8, 4) is 28.8 Å². The fourth-order valence-corrected chi connectivity index (χ4v) is 2.30. The van der Waals surface area contributed by atoms with Gasteiger partial charge in [0.25, 0.3) is 0 Å². The predicted molar refractivity (Wildman–Crippen MR) is 101 cm³/mol. The normalized spacial score (nSPS) is 9.44. The van der Waals surface area contributed by atoms with Crippen LogP contribution in [0.25, 0.3) is 11.3 Å². The Bertz CT molecular complexity index is 887. The first-order valence-corrected chi connectivity index (χ1v) is 7.75. The van der Waals surface area contributed by atoms with Crippen LogP contribution in [0.3, 0.4) is 0 Å². The molecule has 1 aromatic heterocycles. The van der Waals surface area contributed by atoms with Crippen LogP contribution < -0.4 is 5.32 Å². The van der Waals surface area contributed by atoms with Crippen LogP contribution >= 0.6 is 0 Å². The fraction of sp³-hybridized carbons (Fsp3) is 0.150. The number of aliphatic hydroxyl groups is 1. The minimum Gasteiger partial charge on any atom is -0.507 e. The molecule has 0 aliphatic rings. The van der Waals surface area contributed by atoms with Crippen molar-refractivity contribution in [3.63, 3.8) is 0 Å². The highest BCUT2D eigenvalue weighted by molar-refractivity contribution is 5.73. The lowest BCUT2D eigenvalue weighted by atomic mass is 10.0. The van der Waals surface area contributed by atoms with Gasteiger partial charge in [0.05, 0.1) is 17.5 Å². The summed E-state index contributed by atoms with van der Waals surface area (Å²) in [6.07, 6.45) is 1.67. The van der Waals surface area contributed by atoms with E-state index in [1.165, 1.54) is 0 Å². The van der Waals surface area contributed by atoms with Crippen LogP contribution in [0.1, 0.15) is 16.7 Å². The lowest BCUT2D eigenvalue weighted by Gasteiger charge is -2.04. The first-order chi connectivity index (χ1) is 12.2. The summed E-state index contributed by atoms with van der Waals surface area (Å²) in [4.78, 5) is 0. The number of nitrogens with one attached hydrogen (secondary N) is 2. The third-order valence-electron chi connectivity index (χ3n) is 3.58. The van der Waals surface area contributed by atoms with Crippen LogP contribution in [0.15, 0.2) is 48.7 Å². The van der Waals surface area contributed by atoms with Crippen molar-refractivity contribution in [3.05, 3.63) is 65.4 Å². The molecule has 5 nitrogen and oxygen atoms in total. The molecule has 4 N–H and O–H groups in total. The molecule has 0 bridgehead atoms. The number of aromatic amines is 1. The van der Waals surface area contributed by atoms with Crippen LogP contribution in [0.5, 0.6) is 5.75 Å². The number of hydrogen-bond acceptors (Lipinski definition) is 4. The molecular formula is C20H21N3O2. The quantitative estimate of drug-likeness (QED) is 0.542. The molecule has 0 aliphatic carbocycles. The number of H-pyrrole nitrogens is 1. The maximum atomic E-state index is 10.1. The van der Waals surface area contributed by atoms with Crippen molar-refractivity contribution >= 4 is 5.69 Å². The van der Waals surface area contributed by atoms with Crippen molar-refractivity contribution in [1.29, 1.82) is 0 Å². The van der Waals surface area contributed by atoms with Gasteiger partial charge in [-0.3, -0.25) is 5.10 Å². The van der Waals surface area contributed by atoms with Gasteiger partial charge in [-0.05, 0) is 43.3 Å². The van der Waals surface area contributed by atoms with E-state index in [-0.39, 0.29) is 5.75 Å². The van der Waals surface area contributed by atoms with E-state index in [0.717, 1.165) is 35.2 Å². The summed E-state index contributed by atoms with van der Waals surface area (Å²) < 4.78 is 0. The molecule has 2 aromatic carbocycles. The second kappa shape index (κ2) is 8.57. The number of rotatable bonds is 2. The molecule has 0 fully saturated rings. The zero-order valence-corrected chi connectivity index (χ0v) is 14.5. The Morgan fingerprint density at radius 3 is 2.44 bits per heavy atom. The second-order valence-electron chi connectivity index (χ2n) is 5.26. The first-order valence-electron chi connectivity index (χ1n) is 7.75. The molecule has 0 saturated carbocycles. The Morgan fingerprint density at radius 2 is 1.76 bits per heavy atom. The number of phenols is 1. The standard InChI is InChI=1S/C19H17N3O.CH4O/c1-13-3-10-18(23)17(11-13)19-15(12-21-22-19)7-4-14-5-8-16(20-2)9-6-14;1-2/h3,5-6,8-12,20,23H,1-2H3,(H,21,22);2H,1H3. The molecule has 0 spiro atoms. The lowest BCUT2D eigenvalue weighted by molar-refractivity contribution is 0.399. The summed E-state index contributed by atoms with van der Waals surface area (Å²) in [6.45, 7) is 1.98. The number of aromatic nitrogens is 2. The van der Waals surface area contributed by atoms with Crippen LogP contribution in [0.2, 0.25) is 0 Å². The Hall–Kier alpha value is -3.23. The summed E-state index contributed by atoms with van der Waals surface area (Å²) in [6, 6.07) is 13.3. The van der Waals surface area contributed by atoms with E-state index >= 15 is 0 Å². The van der Waals surface area contributed by atoms with Crippen molar-refractivity contribution in [2.45, 2.75) is 6.92 Å². The Balaban J connectivity index is 0.00000109. The number of anilines is 1. The smallest absolute Gasteiger partial charge is 0.125 e. The highest BCUT2D eigenvalue weighted by Gasteiger charge is 2.10. The van der Waals surface area contributed by atoms with Gasteiger partial charge in [-0.15, -0.1) is 0 Å². The SMILES string of the molecule is CNc1ccc(C#Cc2cn[nH]c2-c2cc(C)ccc2O)cc1.CO. The molecule has 0 atom stereocenters. The van der Waals surface area contributed by atoms with E-state index < -0.39 is 0 Å². The molecular weight excluding hydrogens is 314 g/mol. The van der Waals surface area contributed by atoms with Gasteiger partial charge >= 0.3 is 0 Å². The van der Waals surface area contributed by atoms with Crippen LogP contribution in [0.4, 0.5) is 5.69 Å². The maximum absolute atomic E-state index is 10.1. The molecule has 0 amide bonds. The average molecular weight is 335 g/mol. The largest absolute Gasteiger partial charge is 0.507 e. The topological polar surface area (TPSA) is 81.2 Å². The third kappa shape index (κ3) is 4.40. The summed E-state index contributed by atoms with van der Waals surface area (Å²) >= 11 is 0. The van der Waals surface area contributed by atoms with E-state index in [4.69, 9.17) is 5.11 Å². The van der Waals surface area contributed by atoms with E-state index in [1.807, 2.05) is 50.4 Å². The van der Waals surface area contributed by atoms with Gasteiger partial charge < -0.3 is 15.5 Å². The van der Waals surface area contributed by atoms with Crippen molar-refractivity contribution in [1.82, 2.24) is 10.2 Å². The fourth-order valence-electron chi connectivity index (χ4n) is 2.30. The molecule has 25 heavy (non-hydrogen) atoms. The molecule has 0 unspecified atom stereocenters. The van der Waals surface area contributed by atoms with Gasteiger partial charge in [0.1, 0.15) is 5.75 Å². The molecule has 1 heterocycles. The molecule has 3 aromatic rings. The zero-order chi connectivity index (χ0) is 18.2. The Kier molecular flexibility index (Phi) is 6.21. The molecule has 128 valence electrons. The molecule has 5 heteroatoms. The number of hydrogen-bond donors (Lipinski definition) is 4. The highest BCUT2D eigenvalue weighted by atomic mass is 16.3. The Labute approximate surface area is 147 Å². The highest BCUT2D eigenvalue weighted by Crippen LogP contribution is 2.30. The van der Waals surface area contributed by atoms with Gasteiger partial charge in [0.15, 0.2) is 0 Å². The van der Waals surface area contributed by atoms with E-state index in [9.17, 15) is 5.11 Å². The van der Waals surface area contributed by atoms with Gasteiger partial charge in [0, 0.05) is 31.0 Å². The van der Waals surface area contributed by atoms with Crippen molar-refractivity contribution in [2.75, 3.05) is 19.5 Å². The van der Waals surface area contributed by atoms with E-state index in [0.29, 0.717) is 5.56 Å². The first kappa shape index (κ1) is 18.1. The third-order valence-corrected chi connectivity index (χ3v) is 3.58. The molecule has 3 rings (SSSR count). The monoisotopic (exact) mass is 335 g/mol. The Morgan fingerprint density at radius 1 is 1.04 bits per heavy atom. The summed E-state index contributed by atoms with van der Waals surface area (Å²) in [5, 5.41) is 27.1. The summed E-state index contributed by atoms with van der Waals surface area (Å²) in [5.41, 5.74) is 5.22. The minimum atomic E-state index is 0.210. The number of nitrogens with zero attached hydrogens (tertiary/aromatic N) is 1. The van der Waals surface area contributed by atoms with Gasteiger partial charge in [-0.1, -0.05) is 23.5 Å². The van der Waals surface area contributed by atoms with Crippen molar-refractivity contribution < 1.29 is 10.2 Å². The maximum Gasteiger partial charge on any atom is 0.125 e. The molecule has 0 aliphatic heterocycles. The van der Waals surface area contributed by atoms with Gasteiger partial charge in [-0.25, -0.2) is 0 Å². The molecule has 0 radical (unpaired) electrons. The zero-order valence-electron chi connectivity index (χ0n) is 14.5. The summed E-state index contributed by atoms with van der Waals surface area (Å²) in [7, 11) is 2.88. The van der Waals surface area contributed by atoms with Crippen LogP contribution in [-0.4, -0.2) is 34.6 Å². The van der Waals surface area contributed by atoms with E-state index in [2.05, 4.69) is 27.4 Å². The van der Waals surface area contributed by atoms with Gasteiger partial charge in [-0.2, -0.15) is 5.10 Å². The van der Waals surface area contributed by atoms with Crippen LogP contribution in [-0.2, 0) is 0 Å². The number of phenolic OH excluding ortho intramolecular Hbond substituents is 1. The predicted octanol–water partition coefficient (Wildman–Crippen LogP) is 3.14. The number of aromatic hydroxyl groups is 1. The van der Waals surface area contributed by atoms with Gasteiger partial charge in [0.2, 0.25) is 0 Å². The van der Waals surface area contributed by atoms with Crippen molar-refractivity contribution in [2.24, 2.45) is 0 Å². The molecule has 0 saturated heterocycles. The average Bonchev–Trinajstić information content (AvgIpc) is 3.12. The number of benzene rings is 2. The minimum absolute atomic E-state index is 0.210. The van der Waals surface area contributed by atoms with E-state index in [1.54, 1.807) is 12.3 Å². The number of aliphatic hydroxyl groups excluding tert-OH is 1. The lowest BCUT2D eigenvalue weighted by Crippen LogP contribution is -1.87.